The van der Waals surface area contributed by atoms with Crippen molar-refractivity contribution in [1.82, 2.24) is 4.90 Å². The van der Waals surface area contributed by atoms with Crippen LogP contribution in [0.3, 0.4) is 0 Å². The maximum absolute atomic E-state index is 13.4. The van der Waals surface area contributed by atoms with Crippen LogP contribution in [0.25, 0.3) is 0 Å². The van der Waals surface area contributed by atoms with Gasteiger partial charge in [0.15, 0.2) is 0 Å². The molecule has 154 valence electrons. The van der Waals surface area contributed by atoms with Gasteiger partial charge in [0.2, 0.25) is 0 Å². The average Bonchev–Trinajstić information content (AvgIpc) is 2.78. The van der Waals surface area contributed by atoms with Crippen LogP contribution < -0.4 is 10.6 Å². The minimum Gasteiger partial charge on any atom is -0.336 e. The van der Waals surface area contributed by atoms with E-state index in [2.05, 4.69) is 15.9 Å². The highest BCUT2D eigenvalue weighted by molar-refractivity contribution is 7.98. The van der Waals surface area contributed by atoms with Gasteiger partial charge in [0, 0.05) is 30.2 Å². The summed E-state index contributed by atoms with van der Waals surface area (Å²) >= 11 is 0. The van der Waals surface area contributed by atoms with Crippen LogP contribution in [0.2, 0.25) is 0 Å². The molecule has 0 bridgehead atoms. The molecule has 0 radical (unpaired) electrons. The van der Waals surface area contributed by atoms with Gasteiger partial charge in [-0.15, -0.1) is 0 Å². The molecule has 0 saturated carbocycles. The van der Waals surface area contributed by atoms with E-state index in [0.29, 0.717) is 0 Å². The number of aryl methyl sites for hydroxylation is 1. The minimum atomic E-state index is -3.93. The molecule has 3 aromatic carbocycles. The second kappa shape index (κ2) is 9.34. The SMILES string of the molecule is CCN(C)C#CP(=NS(=O)(=O)c1ccc(C)cc1)(c1ccccc1)c1ccccc1. The molecule has 0 aliphatic heterocycles. The zero-order valence-electron chi connectivity index (χ0n) is 17.4. The first-order valence-corrected chi connectivity index (χ1v) is 12.9. The topological polar surface area (TPSA) is 49.7 Å². The first-order chi connectivity index (χ1) is 14.4. The molecule has 0 spiro atoms. The van der Waals surface area contributed by atoms with E-state index in [4.69, 9.17) is 0 Å². The fourth-order valence-electron chi connectivity index (χ4n) is 2.84. The van der Waals surface area contributed by atoms with Crippen molar-refractivity contribution in [2.45, 2.75) is 18.7 Å². The first-order valence-electron chi connectivity index (χ1n) is 9.68. The molecule has 4 nitrogen and oxygen atoms in total. The van der Waals surface area contributed by atoms with Crippen molar-refractivity contribution in [3.63, 3.8) is 0 Å². The molecule has 0 atom stereocenters. The lowest BCUT2D eigenvalue weighted by Gasteiger charge is -2.20. The largest absolute Gasteiger partial charge is 0.336 e. The maximum atomic E-state index is 13.4. The summed E-state index contributed by atoms with van der Waals surface area (Å²) in [6.07, 6.45) is 0. The van der Waals surface area contributed by atoms with E-state index in [-0.39, 0.29) is 4.90 Å². The number of hydrogen-bond acceptors (Lipinski definition) is 3. The Morgan fingerprint density at radius 3 is 1.83 bits per heavy atom. The van der Waals surface area contributed by atoms with Gasteiger partial charge in [-0.05, 0) is 31.6 Å². The van der Waals surface area contributed by atoms with Crippen molar-refractivity contribution in [2.75, 3.05) is 13.6 Å². The van der Waals surface area contributed by atoms with Gasteiger partial charge >= 0.3 is 0 Å². The summed E-state index contributed by atoms with van der Waals surface area (Å²) in [5, 5.41) is 1.62. The second-order valence-corrected chi connectivity index (χ2v) is 11.5. The molecule has 0 fully saturated rings. The van der Waals surface area contributed by atoms with Crippen LogP contribution in [0.1, 0.15) is 12.5 Å². The summed E-state index contributed by atoms with van der Waals surface area (Å²) in [5.74, 6) is 0. The standard InChI is InChI=1S/C24H25N2O2PS/c1-4-26(3)19-20-29(22-11-7-5-8-12-22,23-13-9-6-10-14-23)25-30(27,28)24-17-15-21(2)16-18-24/h5-18H,4H2,1-3H3. The monoisotopic (exact) mass is 436 g/mol. The Labute approximate surface area is 179 Å². The van der Waals surface area contributed by atoms with Crippen molar-refractivity contribution in [1.29, 1.82) is 0 Å². The lowest BCUT2D eigenvalue weighted by molar-refractivity contribution is 0.513. The zero-order chi connectivity index (χ0) is 21.6. The van der Waals surface area contributed by atoms with Crippen LogP contribution in [0.15, 0.2) is 94.0 Å². The summed E-state index contributed by atoms with van der Waals surface area (Å²) in [6.45, 7) is 4.64. The highest BCUT2D eigenvalue weighted by Crippen LogP contribution is 2.48. The van der Waals surface area contributed by atoms with Crippen molar-refractivity contribution >= 4 is 27.7 Å². The molecule has 0 amide bonds. The average molecular weight is 437 g/mol. The maximum Gasteiger partial charge on any atom is 0.282 e. The number of sulfonamides is 1. The molecule has 0 aliphatic carbocycles. The lowest BCUT2D eigenvalue weighted by atomic mass is 10.2. The smallest absolute Gasteiger partial charge is 0.282 e. The molecule has 3 aromatic rings. The molecule has 30 heavy (non-hydrogen) atoms. The van der Waals surface area contributed by atoms with Crippen LogP contribution in [0, 0.1) is 18.6 Å². The van der Waals surface area contributed by atoms with Crippen LogP contribution >= 0.6 is 7.05 Å². The fraction of sp³-hybridized carbons (Fsp3) is 0.167. The van der Waals surface area contributed by atoms with E-state index in [9.17, 15) is 8.42 Å². The predicted octanol–water partition coefficient (Wildman–Crippen LogP) is 4.41. The van der Waals surface area contributed by atoms with Gasteiger partial charge in [-0.1, -0.05) is 78.4 Å². The van der Waals surface area contributed by atoms with Crippen molar-refractivity contribution in [3.05, 3.63) is 90.5 Å². The molecule has 0 N–H and O–H groups in total. The van der Waals surface area contributed by atoms with Gasteiger partial charge < -0.3 is 4.90 Å². The summed E-state index contributed by atoms with van der Waals surface area (Å²) in [5.41, 5.74) is 4.29. The van der Waals surface area contributed by atoms with Gasteiger partial charge in [0.1, 0.15) is 7.05 Å². The minimum absolute atomic E-state index is 0.176. The molecule has 0 aliphatic rings. The summed E-state index contributed by atoms with van der Waals surface area (Å²) in [4.78, 5) is 2.02. The quantitative estimate of drug-likeness (QED) is 0.338. The van der Waals surface area contributed by atoms with Crippen LogP contribution in [0.4, 0.5) is 0 Å². The van der Waals surface area contributed by atoms with Gasteiger partial charge in [0.25, 0.3) is 10.0 Å². The Bertz CT molecular complexity index is 1170. The highest BCUT2D eigenvalue weighted by Gasteiger charge is 2.27. The van der Waals surface area contributed by atoms with Gasteiger partial charge in [-0.2, -0.15) is 12.6 Å². The van der Waals surface area contributed by atoms with E-state index >= 15 is 0 Å². The summed E-state index contributed by atoms with van der Waals surface area (Å²) in [6, 6.07) is 28.9. The predicted molar refractivity (Wildman–Crippen MR) is 126 cm³/mol. The first kappa shape index (κ1) is 21.9. The molecule has 0 aromatic heterocycles. The van der Waals surface area contributed by atoms with E-state index in [1.807, 2.05) is 86.5 Å². The van der Waals surface area contributed by atoms with E-state index in [1.54, 1.807) is 24.3 Å². The van der Waals surface area contributed by atoms with Crippen molar-refractivity contribution in [3.8, 4) is 11.7 Å². The number of rotatable bonds is 5. The van der Waals surface area contributed by atoms with Crippen molar-refractivity contribution in [2.24, 2.45) is 4.15 Å². The zero-order valence-corrected chi connectivity index (χ0v) is 19.1. The molecule has 0 unspecified atom stereocenters. The van der Waals surface area contributed by atoms with E-state index < -0.39 is 17.1 Å². The van der Waals surface area contributed by atoms with Crippen molar-refractivity contribution < 1.29 is 8.42 Å². The molecule has 0 heterocycles. The Hall–Kier alpha value is -2.80. The normalized spacial score (nSPS) is 11.3. The Morgan fingerprint density at radius 1 is 0.867 bits per heavy atom. The molecule has 3 rings (SSSR count). The Kier molecular flexibility index (Phi) is 6.82. The van der Waals surface area contributed by atoms with Gasteiger partial charge in [0.05, 0.1) is 4.90 Å². The third kappa shape index (κ3) is 4.84. The van der Waals surface area contributed by atoms with Gasteiger partial charge in [-0.3, -0.25) is 0 Å². The summed E-state index contributed by atoms with van der Waals surface area (Å²) < 4.78 is 31.4. The molecular formula is C24H25N2O2PS. The number of nitrogens with zero attached hydrogens (tertiary/aromatic N) is 2. The highest BCUT2D eigenvalue weighted by atomic mass is 32.2. The number of hydrogen-bond donors (Lipinski definition) is 0. The van der Waals surface area contributed by atoms with Crippen LogP contribution in [-0.4, -0.2) is 26.9 Å². The molecule has 6 heteroatoms. The third-order valence-corrected chi connectivity index (χ3v) is 9.91. The number of benzene rings is 3. The summed E-state index contributed by atoms with van der Waals surface area (Å²) in [7, 11) is -4.98. The lowest BCUT2D eigenvalue weighted by Crippen LogP contribution is -2.18. The van der Waals surface area contributed by atoms with E-state index in [0.717, 1.165) is 22.7 Å². The fourth-order valence-corrected chi connectivity index (χ4v) is 7.98. The Balaban J connectivity index is 2.39. The third-order valence-electron chi connectivity index (χ3n) is 4.69. The van der Waals surface area contributed by atoms with Gasteiger partial charge in [-0.25, -0.2) is 0 Å². The molecule has 0 saturated heterocycles. The Morgan fingerprint density at radius 2 is 1.37 bits per heavy atom. The van der Waals surface area contributed by atoms with Crippen LogP contribution in [-0.2, 0) is 10.0 Å². The van der Waals surface area contributed by atoms with Crippen LogP contribution in [0.5, 0.6) is 0 Å². The second-order valence-electron chi connectivity index (χ2n) is 6.91. The molecular weight excluding hydrogens is 411 g/mol. The van der Waals surface area contributed by atoms with E-state index in [1.165, 1.54) is 0 Å².